The van der Waals surface area contributed by atoms with Crippen LogP contribution in [0, 0.1) is 18.7 Å². The Balaban J connectivity index is 1.14. The summed E-state index contributed by atoms with van der Waals surface area (Å²) >= 11 is 0. The first-order chi connectivity index (χ1) is 21.8. The van der Waals surface area contributed by atoms with Gasteiger partial charge in [0.25, 0.3) is 5.91 Å². The van der Waals surface area contributed by atoms with Gasteiger partial charge in [-0.1, -0.05) is 12.1 Å². The molecule has 2 fully saturated rings. The summed E-state index contributed by atoms with van der Waals surface area (Å²) in [6, 6.07) is 12.6. The Morgan fingerprint density at radius 1 is 1.13 bits per heavy atom. The predicted molar refractivity (Wildman–Crippen MR) is 173 cm³/mol. The molecule has 2 aliphatic rings. The number of hydrogen-bond acceptors (Lipinski definition) is 6. The maximum Gasteiger partial charge on any atom is 0.273 e. The smallest absolute Gasteiger partial charge is 0.273 e. The summed E-state index contributed by atoms with van der Waals surface area (Å²) in [6.45, 7) is 5.72. The molecule has 238 valence electrons. The van der Waals surface area contributed by atoms with Crippen LogP contribution in [0.4, 0.5) is 15.8 Å². The average molecular weight is 616 g/mol. The van der Waals surface area contributed by atoms with Crippen molar-refractivity contribution < 1.29 is 18.7 Å². The highest BCUT2D eigenvalue weighted by Crippen LogP contribution is 2.37. The Labute approximate surface area is 262 Å². The number of halogens is 1. The number of para-hydroxylation sites is 1. The molecule has 3 atom stereocenters. The number of nitrogens with one attached hydrogen (secondary N) is 1. The van der Waals surface area contributed by atoms with Gasteiger partial charge < -0.3 is 34.7 Å². The van der Waals surface area contributed by atoms with Crippen molar-refractivity contribution in [3.05, 3.63) is 77.8 Å². The average Bonchev–Trinajstić information content (AvgIpc) is 3.73. The first-order valence-corrected chi connectivity index (χ1v) is 15.7. The van der Waals surface area contributed by atoms with E-state index in [1.807, 2.05) is 35.2 Å². The van der Waals surface area contributed by atoms with Crippen molar-refractivity contribution in [1.82, 2.24) is 19.0 Å². The van der Waals surface area contributed by atoms with Gasteiger partial charge in [0.05, 0.1) is 24.0 Å². The van der Waals surface area contributed by atoms with Gasteiger partial charge in [-0.3, -0.25) is 9.59 Å². The van der Waals surface area contributed by atoms with Crippen molar-refractivity contribution in [2.45, 2.75) is 44.7 Å². The Bertz CT molecular complexity index is 1680. The molecule has 6 rings (SSSR count). The zero-order chi connectivity index (χ0) is 31.7. The standard InChI is InChI=1S/C34H42FN7O3/c1-22-26-8-4-9-28(35)32(26)42(15-6-16-45-3)31(22)23-7-5-14-40(18-23)34(44)27-19-41(20-29(27)36)25-12-10-24(11-13-25)38-33(43)30-17-37-21-39(30)2/h4,8-13,17,21,23,27,29H,5-7,14-16,18-20,36H2,1-3H3,(H,38,43)/t23?,27-,29-/m1/s1. The topological polar surface area (TPSA) is 111 Å². The number of rotatable bonds is 9. The molecule has 0 saturated carbocycles. The second kappa shape index (κ2) is 13.0. The lowest BCUT2D eigenvalue weighted by Crippen LogP contribution is -2.47. The summed E-state index contributed by atoms with van der Waals surface area (Å²) in [5.74, 6) is -0.574. The minimum Gasteiger partial charge on any atom is -0.385 e. The van der Waals surface area contributed by atoms with Crippen LogP contribution in [0.3, 0.4) is 0 Å². The largest absolute Gasteiger partial charge is 0.385 e. The maximum atomic E-state index is 15.1. The van der Waals surface area contributed by atoms with Crippen LogP contribution in [0.5, 0.6) is 0 Å². The van der Waals surface area contributed by atoms with Gasteiger partial charge in [-0.05, 0) is 62.1 Å². The van der Waals surface area contributed by atoms with Gasteiger partial charge in [0.1, 0.15) is 11.5 Å². The fourth-order valence-electron chi connectivity index (χ4n) is 7.14. The summed E-state index contributed by atoms with van der Waals surface area (Å²) in [5.41, 5.74) is 11.5. The number of piperidine rings is 1. The van der Waals surface area contributed by atoms with Crippen molar-refractivity contribution >= 4 is 34.1 Å². The summed E-state index contributed by atoms with van der Waals surface area (Å²) in [4.78, 5) is 34.6. The third-order valence-electron chi connectivity index (χ3n) is 9.41. The van der Waals surface area contributed by atoms with Crippen molar-refractivity contribution in [2.24, 2.45) is 18.7 Å². The van der Waals surface area contributed by atoms with E-state index < -0.39 is 0 Å². The lowest BCUT2D eigenvalue weighted by Gasteiger charge is -2.36. The van der Waals surface area contributed by atoms with Crippen LogP contribution in [0.15, 0.2) is 55.0 Å². The molecule has 2 aromatic carbocycles. The van der Waals surface area contributed by atoms with Crippen LogP contribution < -0.4 is 16.0 Å². The molecule has 0 aliphatic carbocycles. The first kappa shape index (κ1) is 30.8. The van der Waals surface area contributed by atoms with Crippen LogP contribution in [0.1, 0.15) is 46.9 Å². The number of benzene rings is 2. The molecule has 0 radical (unpaired) electrons. The molecule has 2 amide bonds. The number of imidazole rings is 1. The highest BCUT2D eigenvalue weighted by atomic mass is 19.1. The number of nitrogens with zero attached hydrogens (tertiary/aromatic N) is 5. The van der Waals surface area contributed by atoms with Crippen molar-refractivity contribution in [3.63, 3.8) is 0 Å². The lowest BCUT2D eigenvalue weighted by molar-refractivity contribution is -0.136. The number of methoxy groups -OCH3 is 1. The normalized spacial score (nSPS) is 20.2. The molecule has 2 aromatic heterocycles. The van der Waals surface area contributed by atoms with Crippen molar-refractivity contribution in [1.29, 1.82) is 0 Å². The van der Waals surface area contributed by atoms with Crippen LogP contribution in [0.25, 0.3) is 10.9 Å². The quantitative estimate of drug-likeness (QED) is 0.272. The molecule has 45 heavy (non-hydrogen) atoms. The molecule has 2 saturated heterocycles. The molecule has 1 unspecified atom stereocenters. The van der Waals surface area contributed by atoms with Gasteiger partial charge in [-0.2, -0.15) is 0 Å². The molecular formula is C34H42FN7O3. The maximum absolute atomic E-state index is 15.1. The van der Waals surface area contributed by atoms with E-state index in [9.17, 15) is 9.59 Å². The minimum absolute atomic E-state index is 0.0839. The fraction of sp³-hybridized carbons (Fsp3) is 0.441. The summed E-state index contributed by atoms with van der Waals surface area (Å²) in [5, 5.41) is 3.83. The third kappa shape index (κ3) is 6.06. The fourth-order valence-corrected chi connectivity index (χ4v) is 7.14. The van der Waals surface area contributed by atoms with Gasteiger partial charge in [0, 0.05) is 87.9 Å². The zero-order valence-electron chi connectivity index (χ0n) is 26.2. The van der Waals surface area contributed by atoms with E-state index in [4.69, 9.17) is 10.5 Å². The molecule has 4 aromatic rings. The number of carbonyl (C=O) groups is 2. The number of ether oxygens (including phenoxy) is 1. The minimum atomic E-state index is -0.320. The molecule has 2 aliphatic heterocycles. The Morgan fingerprint density at radius 3 is 2.67 bits per heavy atom. The molecule has 0 spiro atoms. The zero-order valence-corrected chi connectivity index (χ0v) is 26.2. The number of hydrogen-bond donors (Lipinski definition) is 2. The van der Waals surface area contributed by atoms with Crippen LogP contribution in [-0.2, 0) is 23.1 Å². The lowest BCUT2D eigenvalue weighted by atomic mass is 9.90. The Morgan fingerprint density at radius 2 is 1.93 bits per heavy atom. The molecular weight excluding hydrogens is 573 g/mol. The van der Waals surface area contributed by atoms with E-state index in [0.717, 1.165) is 41.6 Å². The van der Waals surface area contributed by atoms with Gasteiger partial charge in [-0.15, -0.1) is 0 Å². The van der Waals surface area contributed by atoms with E-state index in [-0.39, 0.29) is 35.5 Å². The number of aromatic nitrogens is 3. The summed E-state index contributed by atoms with van der Waals surface area (Å²) in [7, 11) is 3.45. The molecule has 0 bridgehead atoms. The highest BCUT2D eigenvalue weighted by Gasteiger charge is 2.40. The predicted octanol–water partition coefficient (Wildman–Crippen LogP) is 4.28. The van der Waals surface area contributed by atoms with Gasteiger partial charge >= 0.3 is 0 Å². The highest BCUT2D eigenvalue weighted by molar-refractivity contribution is 6.03. The van der Waals surface area contributed by atoms with Gasteiger partial charge in [0.15, 0.2) is 0 Å². The van der Waals surface area contributed by atoms with Crippen LogP contribution >= 0.6 is 0 Å². The summed E-state index contributed by atoms with van der Waals surface area (Å²) in [6.07, 6.45) is 5.72. The number of fused-ring (bicyclic) bond motifs is 1. The number of likely N-dealkylation sites (tertiary alicyclic amines) is 1. The number of nitrogens with two attached hydrogens (primary N) is 1. The SMILES string of the molecule is COCCCn1c(C2CCCN(C(=O)[C@@H]3CN(c4ccc(NC(=O)c5cncn5C)cc4)C[C@H]3N)C2)c(C)c2cccc(F)c21. The van der Waals surface area contributed by atoms with Crippen molar-refractivity contribution in [2.75, 3.05) is 50.1 Å². The Hall–Kier alpha value is -4.22. The second-order valence-electron chi connectivity index (χ2n) is 12.3. The molecule has 10 nitrogen and oxygen atoms in total. The molecule has 11 heteroatoms. The Kier molecular flexibility index (Phi) is 8.91. The summed E-state index contributed by atoms with van der Waals surface area (Å²) < 4.78 is 24.2. The number of amides is 2. The van der Waals surface area contributed by atoms with Gasteiger partial charge in [-0.25, -0.2) is 9.37 Å². The molecule has 3 N–H and O–H groups in total. The third-order valence-corrected chi connectivity index (χ3v) is 9.41. The number of anilines is 2. The van der Waals surface area contributed by atoms with E-state index >= 15 is 4.39 Å². The van der Waals surface area contributed by atoms with Crippen molar-refractivity contribution in [3.8, 4) is 0 Å². The molecule has 4 heterocycles. The van der Waals surface area contributed by atoms with E-state index in [0.29, 0.717) is 56.2 Å². The number of carbonyl (C=O) groups excluding carboxylic acids is 2. The van der Waals surface area contributed by atoms with Crippen LogP contribution in [0.2, 0.25) is 0 Å². The van der Waals surface area contributed by atoms with E-state index in [1.165, 1.54) is 12.3 Å². The monoisotopic (exact) mass is 615 g/mol. The number of aryl methyl sites for hydroxylation is 3. The second-order valence-corrected chi connectivity index (χ2v) is 12.3. The first-order valence-electron chi connectivity index (χ1n) is 15.7. The van der Waals surface area contributed by atoms with E-state index in [2.05, 4.69) is 26.7 Å². The van der Waals surface area contributed by atoms with Crippen LogP contribution in [-0.4, -0.2) is 76.8 Å². The van der Waals surface area contributed by atoms with E-state index in [1.54, 1.807) is 31.1 Å². The van der Waals surface area contributed by atoms with Gasteiger partial charge in [0.2, 0.25) is 5.91 Å².